The molecule has 0 atom stereocenters. The van der Waals surface area contributed by atoms with Crippen LogP contribution >= 0.6 is 11.6 Å². The van der Waals surface area contributed by atoms with Crippen LogP contribution in [-0.2, 0) is 0 Å². The van der Waals surface area contributed by atoms with Gasteiger partial charge in [-0.2, -0.15) is 0 Å². The van der Waals surface area contributed by atoms with Crippen LogP contribution in [0.15, 0.2) is 81.8 Å². The van der Waals surface area contributed by atoms with Crippen LogP contribution in [0.3, 0.4) is 0 Å². The molecule has 0 aliphatic rings. The van der Waals surface area contributed by atoms with Crippen LogP contribution in [0, 0.1) is 0 Å². The molecule has 0 unspecified atom stereocenters. The maximum atomic E-state index is 6.16. The fourth-order valence-corrected chi connectivity index (χ4v) is 3.28. The largest absolute Gasteiger partial charge is 0.464 e. The van der Waals surface area contributed by atoms with Gasteiger partial charge < -0.3 is 8.83 Å². The van der Waals surface area contributed by atoms with Crippen LogP contribution < -0.4 is 0 Å². The van der Waals surface area contributed by atoms with E-state index in [1.807, 2.05) is 66.7 Å². The lowest BCUT2D eigenvalue weighted by Gasteiger charge is -2.05. The summed E-state index contributed by atoms with van der Waals surface area (Å²) in [5.41, 5.74) is 5.00. The van der Waals surface area contributed by atoms with E-state index in [-0.39, 0.29) is 0 Å². The number of hydrogen-bond donors (Lipinski definition) is 0. The minimum absolute atomic E-state index is 0.677. The highest BCUT2D eigenvalue weighted by Gasteiger charge is 2.17. The van der Waals surface area contributed by atoms with Gasteiger partial charge >= 0.3 is 0 Å². The third kappa shape index (κ3) is 2.32. The number of fused-ring (bicyclic) bond motifs is 3. The zero-order chi connectivity index (χ0) is 16.8. The van der Waals surface area contributed by atoms with Crippen molar-refractivity contribution in [2.75, 3.05) is 0 Å². The maximum absolute atomic E-state index is 6.16. The number of pyridine rings is 1. The second kappa shape index (κ2) is 5.50. The van der Waals surface area contributed by atoms with Crippen molar-refractivity contribution in [2.45, 2.75) is 0 Å². The van der Waals surface area contributed by atoms with E-state index in [1.54, 1.807) is 6.26 Å². The summed E-state index contributed by atoms with van der Waals surface area (Å²) < 4.78 is 11.7. The van der Waals surface area contributed by atoms with Crippen LogP contribution in [0.2, 0.25) is 5.02 Å². The Morgan fingerprint density at radius 2 is 1.80 bits per heavy atom. The summed E-state index contributed by atoms with van der Waals surface area (Å²) in [5.74, 6) is 0.745. The summed E-state index contributed by atoms with van der Waals surface area (Å²) in [4.78, 5) is 4.85. The van der Waals surface area contributed by atoms with Crippen LogP contribution in [0.25, 0.3) is 44.7 Å². The number of hydrogen-bond acceptors (Lipinski definition) is 3. The van der Waals surface area contributed by atoms with E-state index in [0.717, 1.165) is 44.7 Å². The van der Waals surface area contributed by atoms with E-state index in [9.17, 15) is 0 Å². The van der Waals surface area contributed by atoms with Crippen molar-refractivity contribution in [1.29, 1.82) is 0 Å². The van der Waals surface area contributed by atoms with Crippen molar-refractivity contribution in [2.24, 2.45) is 0 Å². The van der Waals surface area contributed by atoms with Gasteiger partial charge in [-0.25, -0.2) is 4.98 Å². The summed E-state index contributed by atoms with van der Waals surface area (Å²) in [7, 11) is 0. The lowest BCUT2D eigenvalue weighted by atomic mass is 10.1. The van der Waals surface area contributed by atoms with E-state index < -0.39 is 0 Å². The molecule has 0 aliphatic heterocycles. The molecule has 0 saturated heterocycles. The molecule has 3 aromatic heterocycles. The van der Waals surface area contributed by atoms with E-state index in [0.29, 0.717) is 5.02 Å². The molecule has 0 fully saturated rings. The molecule has 0 saturated carbocycles. The lowest BCUT2D eigenvalue weighted by Crippen LogP contribution is -1.87. The second-order valence-corrected chi connectivity index (χ2v) is 6.26. The molecule has 120 valence electrons. The van der Waals surface area contributed by atoms with Crippen molar-refractivity contribution >= 4 is 33.7 Å². The molecule has 0 aliphatic carbocycles. The summed E-state index contributed by atoms with van der Waals surface area (Å²) in [6.45, 7) is 0. The predicted octanol–water partition coefficient (Wildman–Crippen LogP) is 6.56. The molecule has 4 heteroatoms. The van der Waals surface area contributed by atoms with Gasteiger partial charge in [0, 0.05) is 16.0 Å². The minimum atomic E-state index is 0.677. The Morgan fingerprint density at radius 3 is 2.64 bits per heavy atom. The Balaban J connectivity index is 1.89. The summed E-state index contributed by atoms with van der Waals surface area (Å²) >= 11 is 6.16. The van der Waals surface area contributed by atoms with Crippen molar-refractivity contribution in [1.82, 2.24) is 4.98 Å². The number of benzene rings is 2. The van der Waals surface area contributed by atoms with Gasteiger partial charge in [-0.3, -0.25) is 0 Å². The Labute approximate surface area is 148 Å². The molecular weight excluding hydrogens is 334 g/mol. The normalized spacial score (nSPS) is 11.4. The van der Waals surface area contributed by atoms with Gasteiger partial charge in [-0.1, -0.05) is 35.9 Å². The Morgan fingerprint density at radius 1 is 0.880 bits per heavy atom. The molecule has 3 nitrogen and oxygen atoms in total. The molecule has 0 radical (unpaired) electrons. The average Bonchev–Trinajstić information content (AvgIpc) is 3.29. The Bertz CT molecular complexity index is 1210. The maximum Gasteiger partial charge on any atom is 0.164 e. The monoisotopic (exact) mass is 345 g/mol. The first kappa shape index (κ1) is 14.3. The second-order valence-electron chi connectivity index (χ2n) is 5.82. The Hall–Kier alpha value is -3.04. The van der Waals surface area contributed by atoms with Gasteiger partial charge in [0.15, 0.2) is 5.58 Å². The molecule has 0 spiro atoms. The minimum Gasteiger partial charge on any atom is -0.464 e. The summed E-state index contributed by atoms with van der Waals surface area (Å²) in [6, 6.07) is 21.3. The SMILES string of the molecule is Clc1cccc(-c2cc(-c3ccco3)c3oc4ccccc4c3n2)c1. The predicted molar refractivity (Wildman–Crippen MR) is 99.7 cm³/mol. The molecule has 5 aromatic rings. The highest BCUT2D eigenvalue weighted by atomic mass is 35.5. The molecule has 3 heterocycles. The van der Waals surface area contributed by atoms with Crippen molar-refractivity contribution in [3.8, 4) is 22.6 Å². The zero-order valence-electron chi connectivity index (χ0n) is 13.1. The third-order valence-corrected chi connectivity index (χ3v) is 4.47. The highest BCUT2D eigenvalue weighted by Crippen LogP contribution is 2.37. The summed E-state index contributed by atoms with van der Waals surface area (Å²) in [5, 5.41) is 1.66. The fourth-order valence-electron chi connectivity index (χ4n) is 3.09. The number of para-hydroxylation sites is 1. The molecule has 5 rings (SSSR count). The van der Waals surface area contributed by atoms with Crippen LogP contribution in [-0.4, -0.2) is 4.98 Å². The van der Waals surface area contributed by atoms with Gasteiger partial charge in [-0.15, -0.1) is 0 Å². The van der Waals surface area contributed by atoms with Gasteiger partial charge in [0.1, 0.15) is 16.9 Å². The molecule has 0 amide bonds. The van der Waals surface area contributed by atoms with Gasteiger partial charge in [0.2, 0.25) is 0 Å². The summed E-state index contributed by atoms with van der Waals surface area (Å²) in [6.07, 6.45) is 1.66. The lowest BCUT2D eigenvalue weighted by molar-refractivity contribution is 0.580. The molecule has 0 bridgehead atoms. The van der Waals surface area contributed by atoms with Crippen LogP contribution in [0.1, 0.15) is 0 Å². The van der Waals surface area contributed by atoms with Crippen LogP contribution in [0.5, 0.6) is 0 Å². The fraction of sp³-hybridized carbons (Fsp3) is 0. The molecular formula is C21H12ClNO2. The molecule has 2 aromatic carbocycles. The van der Waals surface area contributed by atoms with Crippen molar-refractivity contribution < 1.29 is 8.83 Å². The van der Waals surface area contributed by atoms with Gasteiger partial charge in [0.05, 0.1) is 17.5 Å². The standard InChI is InChI=1S/C21H12ClNO2/c22-14-6-3-5-13(11-14)17-12-16(18-9-4-10-24-18)21-20(23-17)15-7-1-2-8-19(15)25-21/h1-12H. The quantitative estimate of drug-likeness (QED) is 0.363. The number of aromatic nitrogens is 1. The van der Waals surface area contributed by atoms with E-state index in [2.05, 4.69) is 0 Å². The van der Waals surface area contributed by atoms with E-state index in [4.69, 9.17) is 25.4 Å². The topological polar surface area (TPSA) is 39.2 Å². The first-order valence-corrected chi connectivity index (χ1v) is 8.29. The first-order chi connectivity index (χ1) is 12.3. The van der Waals surface area contributed by atoms with Crippen LogP contribution in [0.4, 0.5) is 0 Å². The van der Waals surface area contributed by atoms with E-state index >= 15 is 0 Å². The highest BCUT2D eigenvalue weighted by molar-refractivity contribution is 6.30. The molecule has 25 heavy (non-hydrogen) atoms. The Kier molecular flexibility index (Phi) is 3.15. The molecule has 0 N–H and O–H groups in total. The third-order valence-electron chi connectivity index (χ3n) is 4.23. The van der Waals surface area contributed by atoms with Crippen molar-refractivity contribution in [3.05, 3.63) is 78.0 Å². The van der Waals surface area contributed by atoms with Gasteiger partial charge in [0.25, 0.3) is 0 Å². The number of furan rings is 2. The van der Waals surface area contributed by atoms with E-state index in [1.165, 1.54) is 0 Å². The number of nitrogens with zero attached hydrogens (tertiary/aromatic N) is 1. The number of rotatable bonds is 2. The van der Waals surface area contributed by atoms with Crippen molar-refractivity contribution in [3.63, 3.8) is 0 Å². The zero-order valence-corrected chi connectivity index (χ0v) is 13.8. The van der Waals surface area contributed by atoms with Gasteiger partial charge in [-0.05, 0) is 42.5 Å². The average molecular weight is 346 g/mol. The first-order valence-electron chi connectivity index (χ1n) is 7.92. The number of halogens is 1. The smallest absolute Gasteiger partial charge is 0.164 e.